The second-order valence-electron chi connectivity index (χ2n) is 5.01. The summed E-state index contributed by atoms with van der Waals surface area (Å²) in [5, 5.41) is 15.3. The third-order valence-corrected chi connectivity index (χ3v) is 5.31. The average molecular weight is 392 g/mol. The monoisotopic (exact) mass is 391 g/mol. The summed E-state index contributed by atoms with van der Waals surface area (Å²) in [5.74, 6) is 0.529. The van der Waals surface area contributed by atoms with Gasteiger partial charge in [-0.05, 0) is 30.7 Å². The predicted octanol–water partition coefficient (Wildman–Crippen LogP) is 4.37. The minimum absolute atomic E-state index is 0.163. The van der Waals surface area contributed by atoms with Crippen LogP contribution in [0.15, 0.2) is 46.9 Å². The molecule has 0 aliphatic heterocycles. The number of pyridine rings is 1. The molecule has 2 heterocycles. The molecule has 0 fully saturated rings. The van der Waals surface area contributed by atoms with Crippen LogP contribution in [0.3, 0.4) is 0 Å². The molecule has 2 N–H and O–H groups in total. The molecule has 1 amide bonds. The molecule has 0 saturated heterocycles. The number of nitrogens with zero attached hydrogens (tertiary/aromatic N) is 3. The van der Waals surface area contributed by atoms with E-state index in [2.05, 4.69) is 25.8 Å². The Kier molecular flexibility index (Phi) is 5.85. The fraction of sp³-hybridized carbons (Fsp3) is 0.125. The third kappa shape index (κ3) is 5.15. The molecule has 2 aromatic heterocycles. The maximum Gasteiger partial charge on any atom is 0.235 e. The van der Waals surface area contributed by atoms with Crippen molar-refractivity contribution in [2.24, 2.45) is 0 Å². The summed E-state index contributed by atoms with van der Waals surface area (Å²) in [5.41, 5.74) is 2.11. The molecule has 9 heteroatoms. The first-order valence-electron chi connectivity index (χ1n) is 7.30. The highest BCUT2D eigenvalue weighted by Gasteiger charge is 2.09. The highest BCUT2D eigenvalue weighted by Crippen LogP contribution is 2.28. The molecule has 3 aromatic rings. The number of rotatable bonds is 6. The minimum Gasteiger partial charge on any atom is -0.330 e. The van der Waals surface area contributed by atoms with Gasteiger partial charge in [0, 0.05) is 11.9 Å². The van der Waals surface area contributed by atoms with Crippen LogP contribution in [0.4, 0.5) is 16.6 Å². The maximum atomic E-state index is 11.9. The Bertz CT molecular complexity index is 869. The van der Waals surface area contributed by atoms with E-state index in [0.717, 1.165) is 15.6 Å². The van der Waals surface area contributed by atoms with E-state index >= 15 is 0 Å². The van der Waals surface area contributed by atoms with Gasteiger partial charge in [0.15, 0.2) is 4.34 Å². The van der Waals surface area contributed by atoms with Crippen molar-refractivity contribution >= 4 is 57.2 Å². The van der Waals surface area contributed by atoms with Gasteiger partial charge in [-0.2, -0.15) is 0 Å². The lowest BCUT2D eigenvalue weighted by atomic mass is 10.2. The largest absolute Gasteiger partial charge is 0.330 e. The molecule has 25 heavy (non-hydrogen) atoms. The van der Waals surface area contributed by atoms with E-state index in [1.807, 2.05) is 31.2 Å². The molecule has 6 nitrogen and oxygen atoms in total. The van der Waals surface area contributed by atoms with Gasteiger partial charge in [-0.3, -0.25) is 4.79 Å². The van der Waals surface area contributed by atoms with Crippen molar-refractivity contribution in [1.29, 1.82) is 0 Å². The van der Waals surface area contributed by atoms with Gasteiger partial charge in [-0.25, -0.2) is 4.98 Å². The molecule has 128 valence electrons. The van der Waals surface area contributed by atoms with Crippen molar-refractivity contribution in [1.82, 2.24) is 15.2 Å². The number of aryl methyl sites for hydroxylation is 1. The molecule has 0 unspecified atom stereocenters. The highest BCUT2D eigenvalue weighted by atomic mass is 35.5. The molecule has 0 spiro atoms. The number of halogens is 1. The fourth-order valence-corrected chi connectivity index (χ4v) is 3.58. The van der Waals surface area contributed by atoms with E-state index in [0.29, 0.717) is 16.0 Å². The van der Waals surface area contributed by atoms with Crippen molar-refractivity contribution in [3.8, 4) is 0 Å². The van der Waals surface area contributed by atoms with Gasteiger partial charge in [0.05, 0.1) is 10.8 Å². The van der Waals surface area contributed by atoms with Crippen molar-refractivity contribution < 1.29 is 4.79 Å². The van der Waals surface area contributed by atoms with E-state index < -0.39 is 0 Å². The molecule has 0 aliphatic carbocycles. The summed E-state index contributed by atoms with van der Waals surface area (Å²) in [4.78, 5) is 16.0. The number of hydrogen-bond donors (Lipinski definition) is 2. The second-order valence-corrected chi connectivity index (χ2v) is 7.65. The maximum absolute atomic E-state index is 11.9. The van der Waals surface area contributed by atoms with Crippen LogP contribution in [0, 0.1) is 6.92 Å². The fourth-order valence-electron chi connectivity index (χ4n) is 1.90. The summed E-state index contributed by atoms with van der Waals surface area (Å²) in [6.07, 6.45) is 1.48. The zero-order chi connectivity index (χ0) is 17.6. The number of para-hydroxylation sites is 1. The number of benzene rings is 1. The Morgan fingerprint density at radius 1 is 1.24 bits per heavy atom. The van der Waals surface area contributed by atoms with E-state index in [1.165, 1.54) is 29.3 Å². The average Bonchev–Trinajstić information content (AvgIpc) is 3.05. The minimum atomic E-state index is -0.163. The summed E-state index contributed by atoms with van der Waals surface area (Å²) in [6.45, 7) is 2.02. The first-order chi connectivity index (χ1) is 12.1. The van der Waals surface area contributed by atoms with Crippen LogP contribution >= 0.6 is 34.7 Å². The van der Waals surface area contributed by atoms with E-state index in [4.69, 9.17) is 11.6 Å². The first-order valence-corrected chi connectivity index (χ1v) is 9.48. The Balaban J connectivity index is 1.52. The lowest BCUT2D eigenvalue weighted by molar-refractivity contribution is -0.113. The molecule has 0 bridgehead atoms. The van der Waals surface area contributed by atoms with Crippen LogP contribution in [-0.4, -0.2) is 26.8 Å². The smallest absolute Gasteiger partial charge is 0.235 e. The summed E-state index contributed by atoms with van der Waals surface area (Å²) < 4.78 is 0.718. The lowest BCUT2D eigenvalue weighted by Crippen LogP contribution is -2.14. The number of amides is 1. The van der Waals surface area contributed by atoms with Gasteiger partial charge < -0.3 is 10.6 Å². The molecule has 0 aliphatic rings. The number of aromatic nitrogens is 3. The molecular formula is C16H14ClN5OS2. The van der Waals surface area contributed by atoms with Crippen LogP contribution < -0.4 is 10.6 Å². The quantitative estimate of drug-likeness (QED) is 0.607. The van der Waals surface area contributed by atoms with Gasteiger partial charge in [0.25, 0.3) is 0 Å². The number of carbonyl (C=O) groups is 1. The number of thioether (sulfide) groups is 1. The van der Waals surface area contributed by atoms with E-state index in [-0.39, 0.29) is 11.7 Å². The van der Waals surface area contributed by atoms with Gasteiger partial charge in [0.1, 0.15) is 5.82 Å². The predicted molar refractivity (Wildman–Crippen MR) is 103 cm³/mol. The van der Waals surface area contributed by atoms with E-state index in [9.17, 15) is 4.79 Å². The van der Waals surface area contributed by atoms with Crippen LogP contribution in [0.2, 0.25) is 5.02 Å². The molecular weight excluding hydrogens is 378 g/mol. The summed E-state index contributed by atoms with van der Waals surface area (Å²) >= 11 is 8.49. The Morgan fingerprint density at radius 2 is 2.08 bits per heavy atom. The number of nitrogens with one attached hydrogen (secondary N) is 2. The molecule has 0 atom stereocenters. The molecule has 0 radical (unpaired) electrons. The van der Waals surface area contributed by atoms with Crippen LogP contribution in [-0.2, 0) is 4.79 Å². The van der Waals surface area contributed by atoms with Crippen molar-refractivity contribution in [3.63, 3.8) is 0 Å². The van der Waals surface area contributed by atoms with Crippen LogP contribution in [0.25, 0.3) is 0 Å². The zero-order valence-corrected chi connectivity index (χ0v) is 15.6. The Labute approximate surface area is 158 Å². The first kappa shape index (κ1) is 17.7. The van der Waals surface area contributed by atoms with Crippen molar-refractivity contribution in [2.75, 3.05) is 16.4 Å². The third-order valence-electron chi connectivity index (χ3n) is 3.11. The van der Waals surface area contributed by atoms with Crippen LogP contribution in [0.1, 0.15) is 5.56 Å². The van der Waals surface area contributed by atoms with Gasteiger partial charge >= 0.3 is 0 Å². The second kappa shape index (κ2) is 8.28. The highest BCUT2D eigenvalue weighted by molar-refractivity contribution is 8.01. The number of anilines is 3. The lowest BCUT2D eigenvalue weighted by Gasteiger charge is -2.04. The number of carbonyl (C=O) groups excluding carboxylic acids is 1. The topological polar surface area (TPSA) is 79.8 Å². The normalized spacial score (nSPS) is 10.5. The molecule has 0 saturated carbocycles. The van der Waals surface area contributed by atoms with Crippen molar-refractivity contribution in [2.45, 2.75) is 11.3 Å². The van der Waals surface area contributed by atoms with Gasteiger partial charge in [-0.15, -0.1) is 10.2 Å². The summed E-state index contributed by atoms with van der Waals surface area (Å²) in [7, 11) is 0. The van der Waals surface area contributed by atoms with Crippen LogP contribution in [0.5, 0.6) is 0 Å². The molecule has 1 aromatic carbocycles. The summed E-state index contributed by atoms with van der Waals surface area (Å²) in [6, 6.07) is 11.3. The number of hydrogen-bond acceptors (Lipinski definition) is 7. The Hall–Kier alpha value is -2.16. The van der Waals surface area contributed by atoms with Gasteiger partial charge in [0.2, 0.25) is 11.0 Å². The van der Waals surface area contributed by atoms with Gasteiger partial charge in [-0.1, -0.05) is 52.9 Å². The molecule has 3 rings (SSSR count). The van der Waals surface area contributed by atoms with E-state index in [1.54, 1.807) is 12.1 Å². The zero-order valence-electron chi connectivity index (χ0n) is 13.2. The SMILES string of the molecule is Cc1ccccc1Nc1nnc(SCC(=O)Nc2ccc(Cl)cn2)s1. The van der Waals surface area contributed by atoms with Crippen molar-refractivity contribution in [3.05, 3.63) is 53.2 Å². The standard InChI is InChI=1S/C16H14ClN5OS2/c1-10-4-2-3-5-12(10)19-15-21-22-16(25-15)24-9-14(23)20-13-7-6-11(17)8-18-13/h2-8H,9H2,1H3,(H,19,21)(H,18,20,23). The Morgan fingerprint density at radius 3 is 2.84 bits per heavy atom.